The van der Waals surface area contributed by atoms with Gasteiger partial charge in [-0.1, -0.05) is 42.0 Å². The van der Waals surface area contributed by atoms with E-state index in [0.29, 0.717) is 5.69 Å². The minimum atomic E-state index is 0.185. The molecule has 0 unspecified atom stereocenters. The normalized spacial score (nSPS) is 10.7. The van der Waals surface area contributed by atoms with E-state index in [2.05, 4.69) is 15.0 Å². The van der Waals surface area contributed by atoms with E-state index >= 15 is 0 Å². The number of nitrogens with zero attached hydrogens (tertiary/aromatic N) is 2. The fourth-order valence-corrected chi connectivity index (χ4v) is 2.27. The topological polar surface area (TPSA) is 54.2 Å². The predicted octanol–water partition coefficient (Wildman–Crippen LogP) is 5.84. The Morgan fingerprint density at radius 3 is 2.17 bits per heavy atom. The molecule has 0 amide bonds. The number of aromatic hydroxyl groups is 1. The number of fused-ring (bicyclic) bond motifs is 1. The van der Waals surface area contributed by atoms with E-state index in [0.717, 1.165) is 22.0 Å². The molecule has 0 aliphatic rings. The first-order chi connectivity index (χ1) is 11.6. The van der Waals surface area contributed by atoms with Gasteiger partial charge in [0, 0.05) is 19.6 Å². The van der Waals surface area contributed by atoms with Crippen molar-refractivity contribution in [2.75, 3.05) is 14.2 Å². The van der Waals surface area contributed by atoms with E-state index < -0.39 is 0 Å². The zero-order chi connectivity index (χ0) is 17.5. The number of benzene rings is 3. The lowest BCUT2D eigenvalue weighted by Gasteiger charge is -2.07. The van der Waals surface area contributed by atoms with Gasteiger partial charge in [0.1, 0.15) is 11.4 Å². The van der Waals surface area contributed by atoms with Crippen molar-refractivity contribution in [3.63, 3.8) is 0 Å². The van der Waals surface area contributed by atoms with Crippen LogP contribution in [0.15, 0.2) is 64.8 Å². The largest absolute Gasteiger partial charge is 0.505 e. The van der Waals surface area contributed by atoms with Crippen molar-refractivity contribution in [1.29, 1.82) is 0 Å². The zero-order valence-electron chi connectivity index (χ0n) is 14.4. The minimum absolute atomic E-state index is 0.185. The maximum Gasteiger partial charge on any atom is 0.146 e. The first-order valence-electron chi connectivity index (χ1n) is 7.66. The average Bonchev–Trinajstić information content (AvgIpc) is 2.58. The highest BCUT2D eigenvalue weighted by molar-refractivity contribution is 5.96. The minimum Gasteiger partial charge on any atom is -0.505 e. The maximum absolute atomic E-state index is 10.3. The van der Waals surface area contributed by atoms with Gasteiger partial charge >= 0.3 is 0 Å². The van der Waals surface area contributed by atoms with Gasteiger partial charge in [-0.2, -0.15) is 5.11 Å². The van der Waals surface area contributed by atoms with Crippen molar-refractivity contribution in [3.8, 4) is 5.75 Å². The molecule has 4 nitrogen and oxygen atoms in total. The molecule has 0 radical (unpaired) electrons. The molecule has 3 rings (SSSR count). The number of azo groups is 1. The van der Waals surface area contributed by atoms with Gasteiger partial charge in [0.2, 0.25) is 0 Å². The van der Waals surface area contributed by atoms with E-state index in [4.69, 9.17) is 0 Å². The fraction of sp³-hybridized carbons (Fsp3) is 0.200. The number of hydrogen-bond donors (Lipinski definition) is 1. The molecule has 0 atom stereocenters. The molecule has 0 fully saturated rings. The number of hydrogen-bond acceptors (Lipinski definition) is 4. The highest BCUT2D eigenvalue weighted by Crippen LogP contribution is 2.38. The van der Waals surface area contributed by atoms with Crippen LogP contribution in [0.4, 0.5) is 11.4 Å². The molecule has 0 spiro atoms. The maximum atomic E-state index is 10.3. The second kappa shape index (κ2) is 8.22. The molecule has 24 heavy (non-hydrogen) atoms. The second-order valence-electron chi connectivity index (χ2n) is 5.56. The molecule has 0 aromatic heterocycles. The Morgan fingerprint density at radius 2 is 1.50 bits per heavy atom. The number of phenols is 1. The fourth-order valence-electron chi connectivity index (χ4n) is 2.27. The van der Waals surface area contributed by atoms with Crippen LogP contribution in [-0.2, 0) is 4.74 Å². The molecule has 0 aliphatic heterocycles. The summed E-state index contributed by atoms with van der Waals surface area (Å²) in [6.45, 7) is 3.90. The van der Waals surface area contributed by atoms with E-state index in [9.17, 15) is 5.11 Å². The standard InChI is InChI=1S/C18H16N2O.C2H6O/c1-12-7-9-15(10-8-12)19-20-17-16-6-4-3-5-14(16)11-13(2)18(17)21;1-3-2/h3-11,21H,1-2H3;1-2H3. The Labute approximate surface area is 142 Å². The van der Waals surface area contributed by atoms with Crippen LogP contribution < -0.4 is 0 Å². The van der Waals surface area contributed by atoms with Gasteiger partial charge in [-0.05, 0) is 43.0 Å². The predicted molar refractivity (Wildman–Crippen MR) is 98.6 cm³/mol. The molecule has 1 N–H and O–H groups in total. The number of methoxy groups -OCH3 is 1. The molecular weight excluding hydrogens is 300 g/mol. The van der Waals surface area contributed by atoms with Crippen LogP contribution in [0.3, 0.4) is 0 Å². The molecule has 3 aromatic carbocycles. The lowest BCUT2D eigenvalue weighted by atomic mass is 10.0. The monoisotopic (exact) mass is 322 g/mol. The summed E-state index contributed by atoms with van der Waals surface area (Å²) in [5.41, 5.74) is 3.26. The first kappa shape index (κ1) is 17.6. The van der Waals surface area contributed by atoms with E-state index in [1.807, 2.05) is 68.4 Å². The number of phenolic OH excluding ortho intramolecular Hbond substituents is 1. The van der Waals surface area contributed by atoms with Crippen molar-refractivity contribution < 1.29 is 9.84 Å². The third-order valence-electron chi connectivity index (χ3n) is 3.49. The third-order valence-corrected chi connectivity index (χ3v) is 3.49. The van der Waals surface area contributed by atoms with Gasteiger partial charge in [-0.15, -0.1) is 5.11 Å². The zero-order valence-corrected chi connectivity index (χ0v) is 14.4. The Morgan fingerprint density at radius 1 is 0.875 bits per heavy atom. The highest BCUT2D eigenvalue weighted by Gasteiger charge is 2.09. The molecule has 0 bridgehead atoms. The summed E-state index contributed by atoms with van der Waals surface area (Å²) in [6.07, 6.45) is 0. The summed E-state index contributed by atoms with van der Waals surface area (Å²) in [6, 6.07) is 17.6. The number of ether oxygens (including phenoxy) is 1. The summed E-state index contributed by atoms with van der Waals surface area (Å²) in [5.74, 6) is 0.185. The third kappa shape index (κ3) is 4.18. The lowest BCUT2D eigenvalue weighted by molar-refractivity contribution is 0.277. The van der Waals surface area contributed by atoms with E-state index in [1.54, 1.807) is 14.2 Å². The van der Waals surface area contributed by atoms with Crippen molar-refractivity contribution in [1.82, 2.24) is 0 Å². The highest BCUT2D eigenvalue weighted by atomic mass is 16.4. The van der Waals surface area contributed by atoms with E-state index in [1.165, 1.54) is 5.56 Å². The Balaban J connectivity index is 0.000000647. The van der Waals surface area contributed by atoms with Crippen molar-refractivity contribution in [3.05, 3.63) is 65.7 Å². The van der Waals surface area contributed by atoms with Crippen LogP contribution in [0.1, 0.15) is 11.1 Å². The van der Waals surface area contributed by atoms with Crippen LogP contribution in [-0.4, -0.2) is 19.3 Å². The first-order valence-corrected chi connectivity index (χ1v) is 7.66. The number of rotatable bonds is 2. The Bertz CT molecular complexity index is 840. The molecule has 0 heterocycles. The quantitative estimate of drug-likeness (QED) is 0.602. The van der Waals surface area contributed by atoms with Crippen LogP contribution in [0, 0.1) is 13.8 Å². The van der Waals surface area contributed by atoms with Crippen molar-refractivity contribution in [2.45, 2.75) is 13.8 Å². The molecule has 4 heteroatoms. The summed E-state index contributed by atoms with van der Waals surface area (Å²) in [7, 11) is 3.25. The summed E-state index contributed by atoms with van der Waals surface area (Å²) >= 11 is 0. The Kier molecular flexibility index (Phi) is 6.04. The average molecular weight is 322 g/mol. The van der Waals surface area contributed by atoms with Crippen LogP contribution >= 0.6 is 0 Å². The molecule has 0 saturated heterocycles. The molecule has 3 aromatic rings. The molecule has 0 aliphatic carbocycles. The van der Waals surface area contributed by atoms with E-state index in [-0.39, 0.29) is 5.75 Å². The summed E-state index contributed by atoms with van der Waals surface area (Å²) in [4.78, 5) is 0. The molecule has 0 saturated carbocycles. The smallest absolute Gasteiger partial charge is 0.146 e. The Hall–Kier alpha value is -2.72. The summed E-state index contributed by atoms with van der Waals surface area (Å²) < 4.78 is 4.25. The van der Waals surface area contributed by atoms with Crippen LogP contribution in [0.5, 0.6) is 5.75 Å². The van der Waals surface area contributed by atoms with Gasteiger partial charge in [0.25, 0.3) is 0 Å². The van der Waals surface area contributed by atoms with Crippen LogP contribution in [0.25, 0.3) is 10.8 Å². The van der Waals surface area contributed by atoms with Crippen LogP contribution in [0.2, 0.25) is 0 Å². The SMILES string of the molecule is COC.Cc1ccc(N=Nc2c(O)c(C)cc3ccccc23)cc1. The number of aryl methyl sites for hydroxylation is 2. The summed E-state index contributed by atoms with van der Waals surface area (Å²) in [5, 5.41) is 20.7. The van der Waals surface area contributed by atoms with Crippen molar-refractivity contribution in [2.24, 2.45) is 10.2 Å². The molecular formula is C20H22N2O2. The van der Waals surface area contributed by atoms with Crippen molar-refractivity contribution >= 4 is 22.1 Å². The van der Waals surface area contributed by atoms with Gasteiger partial charge in [-0.25, -0.2) is 0 Å². The van der Waals surface area contributed by atoms with Gasteiger partial charge in [0.15, 0.2) is 0 Å². The second-order valence-corrected chi connectivity index (χ2v) is 5.56. The van der Waals surface area contributed by atoms with Gasteiger partial charge in [0.05, 0.1) is 5.69 Å². The lowest BCUT2D eigenvalue weighted by Crippen LogP contribution is -1.80. The van der Waals surface area contributed by atoms with Gasteiger partial charge < -0.3 is 9.84 Å². The van der Waals surface area contributed by atoms with Gasteiger partial charge in [-0.3, -0.25) is 0 Å². The molecule has 124 valence electrons.